The molecule has 0 saturated heterocycles. The molecule has 1 amide bonds. The molecular weight excluding hydrogens is 412 g/mol. The predicted octanol–water partition coefficient (Wildman–Crippen LogP) is 3.86. The minimum absolute atomic E-state index is 0.0666. The van der Waals surface area contributed by atoms with Crippen molar-refractivity contribution >= 4 is 33.3 Å². The van der Waals surface area contributed by atoms with Crippen LogP contribution < -0.4 is 10.2 Å². The first-order valence-electron chi connectivity index (χ1n) is 9.43. The van der Waals surface area contributed by atoms with Crippen molar-refractivity contribution < 1.29 is 17.8 Å². The van der Waals surface area contributed by atoms with E-state index in [1.54, 1.807) is 12.1 Å². The zero-order valence-corrected chi connectivity index (χ0v) is 18.4. The molecule has 0 unspecified atom stereocenters. The van der Waals surface area contributed by atoms with Crippen molar-refractivity contribution in [2.75, 3.05) is 18.0 Å². The lowest BCUT2D eigenvalue weighted by molar-refractivity contribution is -0.121. The molecular formula is C21H27ClN2O4S. The first kappa shape index (κ1) is 23.2. The Balaban J connectivity index is 0.000000234. The summed E-state index contributed by atoms with van der Waals surface area (Å²) in [7, 11) is -4.02. The molecule has 0 atom stereocenters. The lowest BCUT2D eigenvalue weighted by Crippen LogP contribution is -2.33. The van der Waals surface area contributed by atoms with Crippen LogP contribution in [0.15, 0.2) is 47.4 Å². The third kappa shape index (κ3) is 7.34. The molecule has 8 heteroatoms. The van der Waals surface area contributed by atoms with Crippen molar-refractivity contribution in [1.82, 2.24) is 5.32 Å². The number of fused-ring (bicyclic) bond motifs is 1. The second kappa shape index (κ2) is 10.1. The van der Waals surface area contributed by atoms with Gasteiger partial charge < -0.3 is 10.2 Å². The van der Waals surface area contributed by atoms with E-state index in [9.17, 15) is 13.2 Å². The molecule has 0 saturated carbocycles. The SMILES string of the molecule is CC(C)NC(=O)CCN1CCc2ccc(Cl)cc21.Cc1ccc(S(=O)(=O)O)cc1. The molecule has 3 rings (SSSR count). The summed E-state index contributed by atoms with van der Waals surface area (Å²) in [6, 6.07) is 12.2. The minimum atomic E-state index is -4.02. The Labute approximate surface area is 177 Å². The topological polar surface area (TPSA) is 86.7 Å². The Morgan fingerprint density at radius 3 is 2.45 bits per heavy atom. The highest BCUT2D eigenvalue weighted by atomic mass is 35.5. The van der Waals surface area contributed by atoms with Gasteiger partial charge in [0.2, 0.25) is 5.91 Å². The van der Waals surface area contributed by atoms with Gasteiger partial charge in [-0.3, -0.25) is 9.35 Å². The van der Waals surface area contributed by atoms with Crippen LogP contribution in [0.2, 0.25) is 5.02 Å². The monoisotopic (exact) mass is 438 g/mol. The standard InChI is InChI=1S/C14H19ClN2O.C7H8O3S/c1-10(2)16-14(18)6-8-17-7-5-11-3-4-12(15)9-13(11)17;1-6-2-4-7(5-3-6)11(8,9)10/h3-4,9-10H,5-8H2,1-2H3,(H,16,18);2-5H,1H3,(H,8,9,10). The molecule has 6 nitrogen and oxygen atoms in total. The molecule has 0 spiro atoms. The Morgan fingerprint density at radius 1 is 1.21 bits per heavy atom. The fourth-order valence-electron chi connectivity index (χ4n) is 2.99. The normalized spacial score (nSPS) is 13.0. The van der Waals surface area contributed by atoms with Crippen LogP contribution in [0.3, 0.4) is 0 Å². The number of nitrogens with one attached hydrogen (secondary N) is 1. The number of halogens is 1. The summed E-state index contributed by atoms with van der Waals surface area (Å²) >= 11 is 6.01. The third-order valence-corrected chi connectivity index (χ3v) is 5.52. The van der Waals surface area contributed by atoms with Gasteiger partial charge in [0.1, 0.15) is 0 Å². The maximum atomic E-state index is 11.6. The quantitative estimate of drug-likeness (QED) is 0.692. The van der Waals surface area contributed by atoms with Gasteiger partial charge in [0, 0.05) is 36.3 Å². The highest BCUT2D eigenvalue weighted by Gasteiger charge is 2.19. The number of anilines is 1. The largest absolute Gasteiger partial charge is 0.370 e. The third-order valence-electron chi connectivity index (χ3n) is 4.42. The molecule has 29 heavy (non-hydrogen) atoms. The average molecular weight is 439 g/mol. The fourth-order valence-corrected chi connectivity index (χ4v) is 3.64. The van der Waals surface area contributed by atoms with Crippen molar-refractivity contribution in [3.05, 3.63) is 58.6 Å². The number of rotatable bonds is 5. The zero-order chi connectivity index (χ0) is 21.6. The van der Waals surface area contributed by atoms with E-state index in [2.05, 4.69) is 16.3 Å². The number of hydrogen-bond donors (Lipinski definition) is 2. The first-order valence-corrected chi connectivity index (χ1v) is 11.2. The summed E-state index contributed by atoms with van der Waals surface area (Å²) in [4.78, 5) is 13.8. The van der Waals surface area contributed by atoms with Crippen LogP contribution in [-0.2, 0) is 21.3 Å². The van der Waals surface area contributed by atoms with Crippen LogP contribution in [0.1, 0.15) is 31.4 Å². The van der Waals surface area contributed by atoms with Gasteiger partial charge >= 0.3 is 0 Å². The second-order valence-electron chi connectivity index (χ2n) is 7.27. The van der Waals surface area contributed by atoms with Crippen LogP contribution in [-0.4, -0.2) is 38.0 Å². The van der Waals surface area contributed by atoms with Gasteiger partial charge in [-0.1, -0.05) is 35.4 Å². The number of carbonyl (C=O) groups is 1. The van der Waals surface area contributed by atoms with Crippen molar-refractivity contribution in [2.45, 2.75) is 44.6 Å². The number of amides is 1. The van der Waals surface area contributed by atoms with Gasteiger partial charge in [0.15, 0.2) is 0 Å². The van der Waals surface area contributed by atoms with Gasteiger partial charge in [0.25, 0.3) is 10.1 Å². The summed E-state index contributed by atoms with van der Waals surface area (Å²) in [6.07, 6.45) is 1.57. The van der Waals surface area contributed by atoms with E-state index in [-0.39, 0.29) is 16.8 Å². The number of benzene rings is 2. The van der Waals surface area contributed by atoms with E-state index in [1.807, 2.05) is 32.9 Å². The maximum Gasteiger partial charge on any atom is 0.294 e. The Hall–Kier alpha value is -2.09. The molecule has 0 aliphatic carbocycles. The molecule has 2 aromatic rings. The number of carbonyl (C=O) groups excluding carboxylic acids is 1. The summed E-state index contributed by atoms with van der Waals surface area (Å²) in [6.45, 7) is 7.52. The van der Waals surface area contributed by atoms with E-state index >= 15 is 0 Å². The molecule has 158 valence electrons. The number of hydrogen-bond acceptors (Lipinski definition) is 4. The molecule has 2 aromatic carbocycles. The minimum Gasteiger partial charge on any atom is -0.370 e. The van der Waals surface area contributed by atoms with Crippen molar-refractivity contribution in [1.29, 1.82) is 0 Å². The Kier molecular flexibility index (Phi) is 8.07. The molecule has 1 heterocycles. The van der Waals surface area contributed by atoms with Crippen molar-refractivity contribution in [3.8, 4) is 0 Å². The molecule has 0 fully saturated rings. The summed E-state index contributed by atoms with van der Waals surface area (Å²) in [5.41, 5.74) is 3.46. The van der Waals surface area contributed by atoms with Gasteiger partial charge in [-0.2, -0.15) is 8.42 Å². The van der Waals surface area contributed by atoms with E-state index in [1.165, 1.54) is 23.4 Å². The van der Waals surface area contributed by atoms with E-state index < -0.39 is 10.1 Å². The molecule has 2 N–H and O–H groups in total. The highest BCUT2D eigenvalue weighted by molar-refractivity contribution is 7.85. The van der Waals surface area contributed by atoms with E-state index in [0.29, 0.717) is 6.42 Å². The summed E-state index contributed by atoms with van der Waals surface area (Å²) in [5.74, 6) is 0.112. The van der Waals surface area contributed by atoms with E-state index in [4.69, 9.17) is 16.2 Å². The zero-order valence-electron chi connectivity index (χ0n) is 16.9. The summed E-state index contributed by atoms with van der Waals surface area (Å²) < 4.78 is 29.6. The van der Waals surface area contributed by atoms with Crippen LogP contribution in [0, 0.1) is 6.92 Å². The highest BCUT2D eigenvalue weighted by Crippen LogP contribution is 2.30. The maximum absolute atomic E-state index is 11.6. The smallest absolute Gasteiger partial charge is 0.294 e. The van der Waals surface area contributed by atoms with Crippen LogP contribution in [0.5, 0.6) is 0 Å². The van der Waals surface area contributed by atoms with E-state index in [0.717, 1.165) is 30.1 Å². The predicted molar refractivity (Wildman–Crippen MR) is 116 cm³/mol. The Bertz CT molecular complexity index is 944. The lowest BCUT2D eigenvalue weighted by atomic mass is 10.2. The molecule has 0 aromatic heterocycles. The lowest BCUT2D eigenvalue weighted by Gasteiger charge is -2.19. The van der Waals surface area contributed by atoms with Crippen LogP contribution in [0.25, 0.3) is 0 Å². The molecule has 1 aliphatic heterocycles. The Morgan fingerprint density at radius 2 is 1.86 bits per heavy atom. The van der Waals surface area contributed by atoms with Gasteiger partial charge in [0.05, 0.1) is 4.90 Å². The molecule has 1 aliphatic rings. The molecule has 0 bridgehead atoms. The summed E-state index contributed by atoms with van der Waals surface area (Å²) in [5, 5.41) is 3.67. The van der Waals surface area contributed by atoms with Crippen molar-refractivity contribution in [2.24, 2.45) is 0 Å². The van der Waals surface area contributed by atoms with Gasteiger partial charge in [-0.25, -0.2) is 0 Å². The number of nitrogens with zero attached hydrogens (tertiary/aromatic N) is 1. The fraction of sp³-hybridized carbons (Fsp3) is 0.381. The van der Waals surface area contributed by atoms with Gasteiger partial charge in [-0.15, -0.1) is 0 Å². The molecule has 0 radical (unpaired) electrons. The van der Waals surface area contributed by atoms with Crippen molar-refractivity contribution in [3.63, 3.8) is 0 Å². The van der Waals surface area contributed by atoms with Crippen LogP contribution in [0.4, 0.5) is 5.69 Å². The second-order valence-corrected chi connectivity index (χ2v) is 9.13. The average Bonchev–Trinajstić information content (AvgIpc) is 3.01. The first-order chi connectivity index (χ1) is 13.6. The van der Waals surface area contributed by atoms with Crippen LogP contribution >= 0.6 is 11.6 Å². The number of aryl methyl sites for hydroxylation is 1. The van der Waals surface area contributed by atoms with Gasteiger partial charge in [-0.05, 0) is 57.0 Å².